The first-order valence-corrected chi connectivity index (χ1v) is 8.82. The van der Waals surface area contributed by atoms with Crippen LogP contribution < -0.4 is 0 Å². The molecule has 2 atom stereocenters. The lowest BCUT2D eigenvalue weighted by Crippen LogP contribution is -2.18. The van der Waals surface area contributed by atoms with E-state index in [1.54, 1.807) is 24.3 Å². The first kappa shape index (κ1) is 19.0. The van der Waals surface area contributed by atoms with E-state index in [1.807, 2.05) is 0 Å². The number of ether oxygens (including phenoxy) is 1. The van der Waals surface area contributed by atoms with E-state index in [-0.39, 0.29) is 27.7 Å². The zero-order chi connectivity index (χ0) is 20.2. The van der Waals surface area contributed by atoms with E-state index in [2.05, 4.69) is 5.10 Å². The van der Waals surface area contributed by atoms with Gasteiger partial charge in [-0.15, -0.1) is 13.2 Å². The van der Waals surface area contributed by atoms with Crippen LogP contribution in [0.25, 0.3) is 10.9 Å². The molecule has 0 bridgehead atoms. The molecule has 0 spiro atoms. The number of aromatic nitrogens is 2. The van der Waals surface area contributed by atoms with Crippen LogP contribution in [0.4, 0.5) is 13.2 Å². The minimum atomic E-state index is -4.76. The number of fused-ring (bicyclic) bond motifs is 1. The summed E-state index contributed by atoms with van der Waals surface area (Å²) in [6.45, 7) is 0. The third-order valence-electron chi connectivity index (χ3n) is 4.46. The van der Waals surface area contributed by atoms with Gasteiger partial charge in [-0.3, -0.25) is 0 Å². The van der Waals surface area contributed by atoms with Gasteiger partial charge in [0.2, 0.25) is 0 Å². The van der Waals surface area contributed by atoms with Gasteiger partial charge in [0.1, 0.15) is 11.8 Å². The Kier molecular flexibility index (Phi) is 4.52. The zero-order valence-electron chi connectivity index (χ0n) is 13.9. The quantitative estimate of drug-likeness (QED) is 0.595. The molecule has 28 heavy (non-hydrogen) atoms. The highest BCUT2D eigenvalue weighted by molar-refractivity contribution is 6.35. The number of epoxide rings is 1. The van der Waals surface area contributed by atoms with Gasteiger partial charge >= 0.3 is 12.3 Å². The summed E-state index contributed by atoms with van der Waals surface area (Å²) < 4.78 is 45.3. The Labute approximate surface area is 166 Å². The van der Waals surface area contributed by atoms with Crippen molar-refractivity contribution in [2.24, 2.45) is 0 Å². The highest BCUT2D eigenvalue weighted by Crippen LogP contribution is 2.44. The second-order valence-electron chi connectivity index (χ2n) is 6.30. The van der Waals surface area contributed by atoms with Crippen LogP contribution in [0.5, 0.6) is 0 Å². The van der Waals surface area contributed by atoms with Crippen LogP contribution >= 0.6 is 23.2 Å². The molecule has 0 radical (unpaired) electrons. The molecule has 2 heterocycles. The normalized spacial score (nSPS) is 19.2. The number of carboxylic acid groups (broad SMARTS) is 1. The van der Waals surface area contributed by atoms with Gasteiger partial charge in [-0.2, -0.15) is 9.78 Å². The van der Waals surface area contributed by atoms with Crippen molar-refractivity contribution in [2.45, 2.75) is 24.9 Å². The monoisotopic (exact) mass is 430 g/mol. The molecule has 1 N–H and O–H groups in total. The van der Waals surface area contributed by atoms with Crippen molar-refractivity contribution < 1.29 is 27.8 Å². The Bertz CT molecular complexity index is 1100. The molecule has 146 valence electrons. The summed E-state index contributed by atoms with van der Waals surface area (Å²) in [5, 5.41) is 13.7. The SMILES string of the molecule is O=C(O)C1OC1c1nn(C(F)(F)F)c2cccc(Cc3ccc(Cl)cc3Cl)c12. The molecule has 1 fully saturated rings. The fraction of sp³-hybridized carbons (Fsp3) is 0.222. The summed E-state index contributed by atoms with van der Waals surface area (Å²) in [6, 6.07) is 9.28. The molecule has 2 aromatic carbocycles. The maximum atomic E-state index is 13.4. The molecular formula is C18H11Cl2F3N2O3. The fourth-order valence-electron chi connectivity index (χ4n) is 3.19. The van der Waals surface area contributed by atoms with Crippen molar-refractivity contribution in [3.05, 3.63) is 63.3 Å². The smallest absolute Gasteiger partial charge is 0.479 e. The van der Waals surface area contributed by atoms with Crippen molar-refractivity contribution >= 4 is 40.1 Å². The number of alkyl halides is 3. The summed E-state index contributed by atoms with van der Waals surface area (Å²) in [4.78, 5) is 11.1. The summed E-state index contributed by atoms with van der Waals surface area (Å²) in [5.41, 5.74) is 0.952. The molecule has 10 heteroatoms. The minimum Gasteiger partial charge on any atom is -0.479 e. The molecule has 1 aliphatic rings. The van der Waals surface area contributed by atoms with E-state index in [4.69, 9.17) is 33.0 Å². The lowest BCUT2D eigenvalue weighted by molar-refractivity contribution is -0.209. The molecule has 4 rings (SSSR count). The number of aliphatic carboxylic acids is 1. The van der Waals surface area contributed by atoms with Gasteiger partial charge < -0.3 is 9.84 Å². The second-order valence-corrected chi connectivity index (χ2v) is 7.15. The van der Waals surface area contributed by atoms with Crippen LogP contribution in [0.1, 0.15) is 22.9 Å². The van der Waals surface area contributed by atoms with E-state index in [9.17, 15) is 18.0 Å². The van der Waals surface area contributed by atoms with E-state index in [0.717, 1.165) is 0 Å². The Morgan fingerprint density at radius 2 is 1.96 bits per heavy atom. The fourth-order valence-corrected chi connectivity index (χ4v) is 3.66. The molecule has 0 amide bonds. The van der Waals surface area contributed by atoms with E-state index >= 15 is 0 Å². The average molecular weight is 431 g/mol. The lowest BCUT2D eigenvalue weighted by Gasteiger charge is -2.09. The van der Waals surface area contributed by atoms with Gasteiger partial charge in [-0.25, -0.2) is 4.79 Å². The Morgan fingerprint density at radius 1 is 1.21 bits per heavy atom. The maximum Gasteiger partial charge on any atom is 0.505 e. The minimum absolute atomic E-state index is 0.0552. The van der Waals surface area contributed by atoms with Crippen molar-refractivity contribution in [3.8, 4) is 0 Å². The number of benzene rings is 2. The van der Waals surface area contributed by atoms with E-state index < -0.39 is 24.5 Å². The van der Waals surface area contributed by atoms with Crippen molar-refractivity contribution in [2.75, 3.05) is 0 Å². The number of halogens is 5. The molecule has 1 aliphatic heterocycles. The van der Waals surface area contributed by atoms with Gasteiger partial charge in [0, 0.05) is 15.4 Å². The third-order valence-corrected chi connectivity index (χ3v) is 5.05. The summed E-state index contributed by atoms with van der Waals surface area (Å²) in [6.07, 6.45) is -6.80. The standard InChI is InChI=1S/C18H11Cl2F3N2O3/c19-10-5-4-8(11(20)7-10)6-9-2-1-3-12-13(9)14(15-16(28-15)17(26)27)24-25(12)18(21,22)23/h1-5,7,15-16H,6H2,(H,26,27). The topological polar surface area (TPSA) is 67.7 Å². The Balaban J connectivity index is 1.87. The predicted molar refractivity (Wildman–Crippen MR) is 95.5 cm³/mol. The van der Waals surface area contributed by atoms with Gasteiger partial charge in [0.15, 0.2) is 6.10 Å². The molecule has 1 aromatic heterocycles. The lowest BCUT2D eigenvalue weighted by atomic mass is 9.98. The van der Waals surface area contributed by atoms with Crippen LogP contribution in [-0.2, 0) is 22.3 Å². The Morgan fingerprint density at radius 3 is 2.57 bits per heavy atom. The molecule has 0 aliphatic carbocycles. The van der Waals surface area contributed by atoms with Crippen LogP contribution in [0, 0.1) is 0 Å². The summed E-state index contributed by atoms with van der Waals surface area (Å²) in [5.74, 6) is -1.25. The number of hydrogen-bond acceptors (Lipinski definition) is 3. The van der Waals surface area contributed by atoms with Crippen LogP contribution in [0.15, 0.2) is 36.4 Å². The number of hydrogen-bond donors (Lipinski definition) is 1. The zero-order valence-corrected chi connectivity index (χ0v) is 15.4. The third kappa shape index (κ3) is 3.32. The molecule has 1 saturated heterocycles. The molecular weight excluding hydrogens is 420 g/mol. The highest BCUT2D eigenvalue weighted by Gasteiger charge is 2.50. The van der Waals surface area contributed by atoms with Gasteiger partial charge in [0.05, 0.1) is 5.52 Å². The molecule has 5 nitrogen and oxygen atoms in total. The predicted octanol–water partition coefficient (Wildman–Crippen LogP) is 4.93. The van der Waals surface area contributed by atoms with Crippen molar-refractivity contribution in [1.29, 1.82) is 0 Å². The molecule has 2 unspecified atom stereocenters. The second kappa shape index (κ2) is 6.65. The number of rotatable bonds is 4. The molecule has 0 saturated carbocycles. The van der Waals surface area contributed by atoms with Crippen molar-refractivity contribution in [3.63, 3.8) is 0 Å². The van der Waals surface area contributed by atoms with Crippen LogP contribution in [-0.4, -0.2) is 27.0 Å². The summed E-state index contributed by atoms with van der Waals surface area (Å²) in [7, 11) is 0. The van der Waals surface area contributed by atoms with Gasteiger partial charge in [0.25, 0.3) is 0 Å². The number of carboxylic acids is 1. The average Bonchev–Trinajstić information content (AvgIpc) is 3.30. The van der Waals surface area contributed by atoms with Crippen molar-refractivity contribution in [1.82, 2.24) is 9.78 Å². The van der Waals surface area contributed by atoms with Gasteiger partial charge in [-0.05, 0) is 35.7 Å². The molecule has 3 aromatic rings. The van der Waals surface area contributed by atoms with Crippen LogP contribution in [0.3, 0.4) is 0 Å². The largest absolute Gasteiger partial charge is 0.505 e. The number of nitrogens with zero attached hydrogens (tertiary/aromatic N) is 2. The highest BCUT2D eigenvalue weighted by atomic mass is 35.5. The Hall–Kier alpha value is -2.29. The van der Waals surface area contributed by atoms with E-state index in [1.165, 1.54) is 12.1 Å². The van der Waals surface area contributed by atoms with Gasteiger partial charge in [-0.1, -0.05) is 41.4 Å². The first-order chi connectivity index (χ1) is 13.2. The summed E-state index contributed by atoms with van der Waals surface area (Å²) >= 11 is 12.1. The maximum absolute atomic E-state index is 13.4. The number of carbonyl (C=O) groups is 1. The van der Waals surface area contributed by atoms with E-state index in [0.29, 0.717) is 21.2 Å². The first-order valence-electron chi connectivity index (χ1n) is 8.06. The van der Waals surface area contributed by atoms with Crippen LogP contribution in [0.2, 0.25) is 10.0 Å².